The number of benzene rings is 1. The minimum atomic E-state index is -0.403. The predicted octanol–water partition coefficient (Wildman–Crippen LogP) is 1.11. The van der Waals surface area contributed by atoms with Crippen LogP contribution in [0.25, 0.3) is 0 Å². The Morgan fingerprint density at radius 3 is 2.48 bits per heavy atom. The predicted molar refractivity (Wildman–Crippen MR) is 81.3 cm³/mol. The zero-order valence-electron chi connectivity index (χ0n) is 12.5. The van der Waals surface area contributed by atoms with Gasteiger partial charge in [-0.2, -0.15) is 0 Å². The first-order valence-electron chi connectivity index (χ1n) is 7.10. The average Bonchev–Trinajstić information content (AvgIpc) is 2.48. The second kappa shape index (κ2) is 6.47. The summed E-state index contributed by atoms with van der Waals surface area (Å²) in [5.74, 6) is -0.317. The average molecular weight is 291 g/mol. The topological polar surface area (TPSA) is 75.9 Å². The van der Waals surface area contributed by atoms with E-state index in [1.165, 1.54) is 0 Å². The van der Waals surface area contributed by atoms with Gasteiger partial charge in [-0.25, -0.2) is 4.79 Å². The number of piperazine rings is 1. The lowest BCUT2D eigenvalue weighted by Crippen LogP contribution is -2.48. The molecule has 0 atom stereocenters. The zero-order chi connectivity index (χ0) is 15.4. The first kappa shape index (κ1) is 15.2. The molecule has 1 aromatic carbocycles. The Kier molecular flexibility index (Phi) is 4.67. The van der Waals surface area contributed by atoms with Crippen molar-refractivity contribution in [1.29, 1.82) is 0 Å². The third kappa shape index (κ3) is 3.26. The van der Waals surface area contributed by atoms with Crippen LogP contribution in [-0.4, -0.2) is 49.6 Å². The number of amides is 1. The molecule has 6 nitrogen and oxygen atoms in total. The van der Waals surface area contributed by atoms with Gasteiger partial charge in [0.05, 0.1) is 23.5 Å². The molecule has 2 rings (SSSR count). The fourth-order valence-corrected chi connectivity index (χ4v) is 2.48. The molecule has 1 aromatic rings. The summed E-state index contributed by atoms with van der Waals surface area (Å²) in [5.41, 5.74) is 7.77. The summed E-state index contributed by atoms with van der Waals surface area (Å²) >= 11 is 0. The fourth-order valence-electron chi connectivity index (χ4n) is 2.48. The van der Waals surface area contributed by atoms with Crippen LogP contribution in [0.3, 0.4) is 0 Å². The number of anilines is 2. The Morgan fingerprint density at radius 1 is 1.24 bits per heavy atom. The summed E-state index contributed by atoms with van der Waals surface area (Å²) in [6.45, 7) is 6.40. The molecular formula is C15H21N3O3. The molecule has 1 fully saturated rings. The molecular weight excluding hydrogens is 270 g/mol. The van der Waals surface area contributed by atoms with Gasteiger partial charge in [0.15, 0.2) is 0 Å². The van der Waals surface area contributed by atoms with Crippen LogP contribution in [0.2, 0.25) is 0 Å². The van der Waals surface area contributed by atoms with E-state index in [4.69, 9.17) is 10.5 Å². The maximum Gasteiger partial charge on any atom is 0.340 e. The van der Waals surface area contributed by atoms with E-state index in [-0.39, 0.29) is 5.91 Å². The lowest BCUT2D eigenvalue weighted by molar-refractivity contribution is -0.129. The zero-order valence-corrected chi connectivity index (χ0v) is 12.5. The normalized spacial score (nSPS) is 15.0. The van der Waals surface area contributed by atoms with E-state index in [2.05, 4.69) is 4.90 Å². The largest absolute Gasteiger partial charge is 0.462 e. The van der Waals surface area contributed by atoms with E-state index in [9.17, 15) is 9.59 Å². The Labute approximate surface area is 124 Å². The van der Waals surface area contributed by atoms with Crippen LogP contribution in [0, 0.1) is 0 Å². The molecule has 0 radical (unpaired) electrons. The van der Waals surface area contributed by atoms with Crippen molar-refractivity contribution in [2.75, 3.05) is 43.4 Å². The summed E-state index contributed by atoms with van der Waals surface area (Å²) in [5, 5.41) is 0. The number of rotatable bonds is 3. The van der Waals surface area contributed by atoms with Gasteiger partial charge in [0.2, 0.25) is 5.91 Å². The first-order valence-corrected chi connectivity index (χ1v) is 7.10. The molecule has 0 saturated carbocycles. The quantitative estimate of drug-likeness (QED) is 0.667. The molecule has 1 aliphatic rings. The summed E-state index contributed by atoms with van der Waals surface area (Å²) in [6.07, 6.45) is 0. The van der Waals surface area contributed by atoms with E-state index in [1.807, 2.05) is 11.0 Å². The smallest absolute Gasteiger partial charge is 0.340 e. The minimum absolute atomic E-state index is 0.0860. The number of ether oxygens (including phenoxy) is 1. The molecule has 0 spiro atoms. The molecule has 0 unspecified atom stereocenters. The van der Waals surface area contributed by atoms with Gasteiger partial charge in [0.1, 0.15) is 0 Å². The molecule has 114 valence electrons. The SMILES string of the molecule is CCOC(=O)c1cccc(N2CCN(C(C)=O)CC2)c1N. The van der Waals surface area contributed by atoms with Gasteiger partial charge in [0.25, 0.3) is 0 Å². The summed E-state index contributed by atoms with van der Waals surface area (Å²) in [4.78, 5) is 27.1. The van der Waals surface area contributed by atoms with E-state index >= 15 is 0 Å². The van der Waals surface area contributed by atoms with Gasteiger partial charge < -0.3 is 20.3 Å². The van der Waals surface area contributed by atoms with Crippen molar-refractivity contribution >= 4 is 23.3 Å². The highest BCUT2D eigenvalue weighted by molar-refractivity contribution is 5.98. The highest BCUT2D eigenvalue weighted by Gasteiger charge is 2.22. The molecule has 0 aliphatic carbocycles. The third-order valence-electron chi connectivity index (χ3n) is 3.64. The molecule has 21 heavy (non-hydrogen) atoms. The molecule has 1 aliphatic heterocycles. The van der Waals surface area contributed by atoms with Gasteiger partial charge in [0, 0.05) is 33.1 Å². The molecule has 6 heteroatoms. The number of esters is 1. The number of nitrogen functional groups attached to an aromatic ring is 1. The van der Waals surface area contributed by atoms with E-state index < -0.39 is 5.97 Å². The molecule has 1 heterocycles. The molecule has 1 amide bonds. The van der Waals surface area contributed by atoms with E-state index in [0.29, 0.717) is 44.0 Å². The Bertz CT molecular complexity index is 537. The molecule has 1 saturated heterocycles. The maximum atomic E-state index is 11.9. The maximum absolute atomic E-state index is 11.9. The summed E-state index contributed by atoms with van der Waals surface area (Å²) in [7, 11) is 0. The summed E-state index contributed by atoms with van der Waals surface area (Å²) < 4.78 is 5.01. The Balaban J connectivity index is 2.16. The number of hydrogen-bond acceptors (Lipinski definition) is 5. The van der Waals surface area contributed by atoms with Crippen molar-refractivity contribution in [1.82, 2.24) is 4.90 Å². The third-order valence-corrected chi connectivity index (χ3v) is 3.64. The van der Waals surface area contributed by atoms with Gasteiger partial charge in [-0.1, -0.05) is 6.07 Å². The van der Waals surface area contributed by atoms with Crippen molar-refractivity contribution in [3.8, 4) is 0 Å². The number of nitrogens with two attached hydrogens (primary N) is 1. The van der Waals surface area contributed by atoms with Crippen LogP contribution in [0.4, 0.5) is 11.4 Å². The van der Waals surface area contributed by atoms with Gasteiger partial charge in [-0.15, -0.1) is 0 Å². The van der Waals surface area contributed by atoms with Gasteiger partial charge in [-0.3, -0.25) is 4.79 Å². The van der Waals surface area contributed by atoms with Crippen LogP contribution in [-0.2, 0) is 9.53 Å². The summed E-state index contributed by atoms with van der Waals surface area (Å²) in [6, 6.07) is 5.36. The van der Waals surface area contributed by atoms with Crippen LogP contribution < -0.4 is 10.6 Å². The second-order valence-electron chi connectivity index (χ2n) is 4.95. The van der Waals surface area contributed by atoms with Crippen molar-refractivity contribution in [3.63, 3.8) is 0 Å². The Morgan fingerprint density at radius 2 is 1.90 bits per heavy atom. The Hall–Kier alpha value is -2.24. The van der Waals surface area contributed by atoms with Crippen molar-refractivity contribution in [3.05, 3.63) is 23.8 Å². The lowest BCUT2D eigenvalue weighted by atomic mass is 10.1. The standard InChI is InChI=1S/C15H21N3O3/c1-3-21-15(20)12-5-4-6-13(14(12)16)18-9-7-17(8-10-18)11(2)19/h4-6H,3,7-10,16H2,1-2H3. The second-order valence-corrected chi connectivity index (χ2v) is 4.95. The van der Waals surface area contributed by atoms with Gasteiger partial charge in [-0.05, 0) is 19.1 Å². The van der Waals surface area contributed by atoms with Crippen LogP contribution in [0.1, 0.15) is 24.2 Å². The van der Waals surface area contributed by atoms with Crippen LogP contribution in [0.15, 0.2) is 18.2 Å². The number of nitrogens with zero attached hydrogens (tertiary/aromatic N) is 2. The highest BCUT2D eigenvalue weighted by atomic mass is 16.5. The van der Waals surface area contributed by atoms with Gasteiger partial charge >= 0.3 is 5.97 Å². The van der Waals surface area contributed by atoms with E-state index in [0.717, 1.165) is 5.69 Å². The van der Waals surface area contributed by atoms with Crippen molar-refractivity contribution < 1.29 is 14.3 Å². The monoisotopic (exact) mass is 291 g/mol. The lowest BCUT2D eigenvalue weighted by Gasteiger charge is -2.36. The first-order chi connectivity index (χ1) is 10.0. The number of carbonyl (C=O) groups excluding carboxylic acids is 2. The van der Waals surface area contributed by atoms with Crippen molar-refractivity contribution in [2.45, 2.75) is 13.8 Å². The number of carbonyl (C=O) groups is 2. The van der Waals surface area contributed by atoms with Crippen molar-refractivity contribution in [2.24, 2.45) is 0 Å². The minimum Gasteiger partial charge on any atom is -0.462 e. The molecule has 2 N–H and O–H groups in total. The molecule has 0 bridgehead atoms. The highest BCUT2D eigenvalue weighted by Crippen LogP contribution is 2.28. The number of para-hydroxylation sites is 1. The molecule has 0 aromatic heterocycles. The van der Waals surface area contributed by atoms with Crippen LogP contribution in [0.5, 0.6) is 0 Å². The number of hydrogen-bond donors (Lipinski definition) is 1. The fraction of sp³-hybridized carbons (Fsp3) is 0.467. The van der Waals surface area contributed by atoms with Crippen LogP contribution >= 0.6 is 0 Å². The van der Waals surface area contributed by atoms with E-state index in [1.54, 1.807) is 26.0 Å².